The summed E-state index contributed by atoms with van der Waals surface area (Å²) in [4.78, 5) is 11.7. The average molecular weight is 251 g/mol. The van der Waals surface area contributed by atoms with Gasteiger partial charge in [0.2, 0.25) is 0 Å². The first-order valence-electron chi connectivity index (χ1n) is 5.96. The number of anilines is 1. The third-order valence-corrected chi connectivity index (χ3v) is 2.52. The summed E-state index contributed by atoms with van der Waals surface area (Å²) in [6.07, 6.45) is 1.13. The van der Waals surface area contributed by atoms with E-state index in [4.69, 9.17) is 15.2 Å². The number of hydrogen-bond donors (Lipinski definition) is 1. The molecule has 0 fully saturated rings. The Kier molecular flexibility index (Phi) is 4.59. The molecule has 0 saturated heterocycles. The molecule has 0 radical (unpaired) electrons. The Morgan fingerprint density at radius 1 is 1.33 bits per heavy atom. The number of ether oxygens (including phenoxy) is 2. The highest BCUT2D eigenvalue weighted by molar-refractivity contribution is 5.76. The zero-order valence-corrected chi connectivity index (χ0v) is 11.4. The van der Waals surface area contributed by atoms with Gasteiger partial charge in [-0.05, 0) is 24.0 Å². The largest absolute Gasteiger partial charge is 0.493 e. The van der Waals surface area contributed by atoms with Gasteiger partial charge in [-0.25, -0.2) is 0 Å². The molecular weight excluding hydrogens is 230 g/mol. The number of nitrogens with two attached hydrogens (primary N) is 1. The quantitative estimate of drug-likeness (QED) is 0.507. The zero-order chi connectivity index (χ0) is 13.8. The molecule has 1 aromatic carbocycles. The number of benzene rings is 1. The third-order valence-electron chi connectivity index (χ3n) is 2.52. The van der Waals surface area contributed by atoms with E-state index in [1.54, 1.807) is 18.2 Å². The molecule has 0 aliphatic rings. The molecule has 0 aliphatic carbocycles. The number of carbonyl (C=O) groups is 1. The second-order valence-electron chi connectivity index (χ2n) is 5.41. The number of para-hydroxylation sites is 1. The molecule has 1 aromatic rings. The van der Waals surface area contributed by atoms with Crippen LogP contribution in [0.2, 0.25) is 0 Å². The first kappa shape index (κ1) is 14.4. The Hall–Kier alpha value is -1.71. The van der Waals surface area contributed by atoms with Gasteiger partial charge in [-0.15, -0.1) is 0 Å². The molecule has 0 bridgehead atoms. The highest BCUT2D eigenvalue weighted by Gasteiger charge is 2.17. The Labute approximate surface area is 108 Å². The van der Waals surface area contributed by atoms with E-state index < -0.39 is 0 Å². The fraction of sp³-hybridized carbons (Fsp3) is 0.500. The molecule has 0 spiro atoms. The van der Waals surface area contributed by atoms with E-state index in [0.717, 1.165) is 6.42 Å². The van der Waals surface area contributed by atoms with E-state index in [1.807, 2.05) is 0 Å². The predicted octanol–water partition coefficient (Wildman–Crippen LogP) is 3.01. The minimum absolute atomic E-state index is 0.103. The van der Waals surface area contributed by atoms with E-state index in [2.05, 4.69) is 20.8 Å². The zero-order valence-electron chi connectivity index (χ0n) is 11.4. The topological polar surface area (TPSA) is 61.6 Å². The van der Waals surface area contributed by atoms with Gasteiger partial charge in [0.1, 0.15) is 0 Å². The first-order chi connectivity index (χ1) is 8.33. The maximum Gasteiger partial charge on any atom is 0.311 e. The molecule has 0 unspecified atom stereocenters. The number of nitrogen functional groups attached to an aromatic ring is 1. The van der Waals surface area contributed by atoms with Crippen molar-refractivity contribution in [3.05, 3.63) is 18.2 Å². The summed E-state index contributed by atoms with van der Waals surface area (Å²) in [5.74, 6) is 0.485. The van der Waals surface area contributed by atoms with Gasteiger partial charge in [0.05, 0.1) is 12.8 Å². The van der Waals surface area contributed by atoms with Crippen molar-refractivity contribution in [3.63, 3.8) is 0 Å². The molecule has 0 aromatic heterocycles. The van der Waals surface area contributed by atoms with Crippen molar-refractivity contribution >= 4 is 11.7 Å². The van der Waals surface area contributed by atoms with Crippen LogP contribution in [0.25, 0.3) is 0 Å². The number of rotatable bonds is 4. The highest BCUT2D eigenvalue weighted by Crippen LogP contribution is 2.33. The van der Waals surface area contributed by atoms with Gasteiger partial charge in [-0.2, -0.15) is 0 Å². The molecule has 0 aliphatic heterocycles. The summed E-state index contributed by atoms with van der Waals surface area (Å²) < 4.78 is 10.4. The van der Waals surface area contributed by atoms with E-state index in [-0.39, 0.29) is 11.4 Å². The van der Waals surface area contributed by atoms with Gasteiger partial charge in [0.15, 0.2) is 11.5 Å². The predicted molar refractivity (Wildman–Crippen MR) is 71.7 cm³/mol. The van der Waals surface area contributed by atoms with Crippen molar-refractivity contribution in [2.45, 2.75) is 33.6 Å². The standard InChI is InChI=1S/C14H21NO3/c1-14(2,3)9-8-12(16)18-13-10(15)6-5-7-11(13)17-4/h5-7H,8-9,15H2,1-4H3. The molecule has 18 heavy (non-hydrogen) atoms. The molecule has 0 heterocycles. The van der Waals surface area contributed by atoms with Crippen molar-refractivity contribution < 1.29 is 14.3 Å². The van der Waals surface area contributed by atoms with Crippen molar-refractivity contribution in [3.8, 4) is 11.5 Å². The molecular formula is C14H21NO3. The van der Waals surface area contributed by atoms with E-state index in [1.165, 1.54) is 7.11 Å². The van der Waals surface area contributed by atoms with Crippen LogP contribution in [0.3, 0.4) is 0 Å². The monoisotopic (exact) mass is 251 g/mol. The smallest absolute Gasteiger partial charge is 0.311 e. The van der Waals surface area contributed by atoms with E-state index in [9.17, 15) is 4.79 Å². The lowest BCUT2D eigenvalue weighted by Crippen LogP contribution is -2.14. The number of carbonyl (C=O) groups excluding carboxylic acids is 1. The minimum Gasteiger partial charge on any atom is -0.493 e. The first-order valence-corrected chi connectivity index (χ1v) is 5.96. The number of hydrogen-bond acceptors (Lipinski definition) is 4. The van der Waals surface area contributed by atoms with Gasteiger partial charge in [-0.3, -0.25) is 4.79 Å². The second kappa shape index (κ2) is 5.76. The molecule has 2 N–H and O–H groups in total. The molecule has 1 rings (SSSR count). The summed E-state index contributed by atoms with van der Waals surface area (Å²) >= 11 is 0. The Morgan fingerprint density at radius 3 is 2.56 bits per heavy atom. The molecule has 4 nitrogen and oxygen atoms in total. The molecule has 4 heteroatoms. The highest BCUT2D eigenvalue weighted by atomic mass is 16.6. The van der Waals surface area contributed by atoms with Crippen LogP contribution >= 0.6 is 0 Å². The normalized spacial score (nSPS) is 11.1. The van der Waals surface area contributed by atoms with E-state index in [0.29, 0.717) is 23.6 Å². The second-order valence-corrected chi connectivity index (χ2v) is 5.41. The summed E-state index contributed by atoms with van der Waals surface area (Å²) in [5, 5.41) is 0. The van der Waals surface area contributed by atoms with Gasteiger partial charge < -0.3 is 15.2 Å². The summed E-state index contributed by atoms with van der Waals surface area (Å²) in [6.45, 7) is 6.24. The van der Waals surface area contributed by atoms with Gasteiger partial charge >= 0.3 is 5.97 Å². The summed E-state index contributed by atoms with van der Waals surface area (Å²) in [7, 11) is 1.52. The Morgan fingerprint density at radius 2 is 2.00 bits per heavy atom. The SMILES string of the molecule is COc1cccc(N)c1OC(=O)CCC(C)(C)C. The van der Waals surface area contributed by atoms with Crippen LogP contribution in [-0.2, 0) is 4.79 Å². The number of esters is 1. The van der Waals surface area contributed by atoms with Crippen molar-refractivity contribution in [1.82, 2.24) is 0 Å². The van der Waals surface area contributed by atoms with Crippen LogP contribution in [0, 0.1) is 5.41 Å². The van der Waals surface area contributed by atoms with Crippen molar-refractivity contribution in [1.29, 1.82) is 0 Å². The number of methoxy groups -OCH3 is 1. The molecule has 0 amide bonds. The van der Waals surface area contributed by atoms with Crippen LogP contribution in [-0.4, -0.2) is 13.1 Å². The lowest BCUT2D eigenvalue weighted by atomic mass is 9.91. The average Bonchev–Trinajstić information content (AvgIpc) is 2.28. The minimum atomic E-state index is -0.291. The Bertz CT molecular complexity index is 422. The molecule has 100 valence electrons. The fourth-order valence-electron chi connectivity index (χ4n) is 1.44. The van der Waals surface area contributed by atoms with Crippen molar-refractivity contribution in [2.24, 2.45) is 5.41 Å². The summed E-state index contributed by atoms with van der Waals surface area (Å²) in [6, 6.07) is 5.14. The Balaban J connectivity index is 2.70. The van der Waals surface area contributed by atoms with Crippen LogP contribution < -0.4 is 15.2 Å². The maximum atomic E-state index is 11.7. The van der Waals surface area contributed by atoms with Crippen LogP contribution in [0.4, 0.5) is 5.69 Å². The van der Waals surface area contributed by atoms with Crippen LogP contribution in [0.5, 0.6) is 11.5 Å². The summed E-state index contributed by atoms with van der Waals surface area (Å²) in [5.41, 5.74) is 6.27. The van der Waals surface area contributed by atoms with Gasteiger partial charge in [0.25, 0.3) is 0 Å². The third kappa shape index (κ3) is 4.28. The lowest BCUT2D eigenvalue weighted by Gasteiger charge is -2.17. The lowest BCUT2D eigenvalue weighted by molar-refractivity contribution is -0.135. The molecule has 0 saturated carbocycles. The van der Waals surface area contributed by atoms with Gasteiger partial charge in [-0.1, -0.05) is 26.8 Å². The van der Waals surface area contributed by atoms with Crippen LogP contribution in [0.15, 0.2) is 18.2 Å². The van der Waals surface area contributed by atoms with E-state index >= 15 is 0 Å². The maximum absolute atomic E-state index is 11.7. The molecule has 0 atom stereocenters. The van der Waals surface area contributed by atoms with Crippen molar-refractivity contribution in [2.75, 3.05) is 12.8 Å². The van der Waals surface area contributed by atoms with Crippen LogP contribution in [0.1, 0.15) is 33.6 Å². The fourth-order valence-corrected chi connectivity index (χ4v) is 1.44. The van der Waals surface area contributed by atoms with Gasteiger partial charge in [0, 0.05) is 6.42 Å².